The van der Waals surface area contributed by atoms with Crippen LogP contribution >= 0.6 is 0 Å². The minimum absolute atomic E-state index is 0.342. The highest BCUT2D eigenvalue weighted by Gasteiger charge is 2.34. The summed E-state index contributed by atoms with van der Waals surface area (Å²) in [6.07, 6.45) is 5.09. The highest BCUT2D eigenvalue weighted by Crippen LogP contribution is 2.43. The number of nitrogens with one attached hydrogen (secondary N) is 1. The summed E-state index contributed by atoms with van der Waals surface area (Å²) in [4.78, 5) is 4.17. The molecule has 0 spiro atoms. The predicted molar refractivity (Wildman–Crippen MR) is 50.4 cm³/mol. The van der Waals surface area contributed by atoms with Crippen LogP contribution in [-0.2, 0) is 0 Å². The average Bonchev–Trinajstić information content (AvgIpc) is 2.03. The molecule has 12 heavy (non-hydrogen) atoms. The molecular weight excluding hydrogens is 152 g/mol. The topological polar surface area (TPSA) is 76.4 Å². The number of hydrogen-bond acceptors (Lipinski definition) is 2. The largest absolute Gasteiger partial charge is 0.369 e. The van der Waals surface area contributed by atoms with Crippen LogP contribution in [0.5, 0.6) is 0 Å². The third kappa shape index (κ3) is 1.88. The normalized spacial score (nSPS) is 21.7. The summed E-state index contributed by atoms with van der Waals surface area (Å²) < 4.78 is 0. The second-order valence-corrected chi connectivity index (χ2v) is 3.55. The number of rotatable bonds is 3. The Morgan fingerprint density at radius 3 is 2.58 bits per heavy atom. The Morgan fingerprint density at radius 2 is 2.25 bits per heavy atom. The van der Waals surface area contributed by atoms with Gasteiger partial charge < -0.3 is 5.73 Å². The molecule has 1 saturated carbocycles. The monoisotopic (exact) mass is 170 g/mol. The first kappa shape index (κ1) is 9.32. The summed E-state index contributed by atoms with van der Waals surface area (Å²) in [5.41, 5.74) is 8.20. The molecule has 0 atom stereocenters. The van der Waals surface area contributed by atoms with E-state index >= 15 is 0 Å². The summed E-state index contributed by atoms with van der Waals surface area (Å²) in [5, 5.41) is 0. The molecule has 1 aliphatic carbocycles. The fourth-order valence-corrected chi connectivity index (χ4v) is 1.60. The first-order valence-electron chi connectivity index (χ1n) is 4.49. The maximum absolute atomic E-state index is 5.43. The maximum Gasteiger partial charge on any atom is 0.203 e. The lowest BCUT2D eigenvalue weighted by molar-refractivity contribution is 0.139. The van der Waals surface area contributed by atoms with Gasteiger partial charge in [0.25, 0.3) is 0 Å². The number of nitrogens with two attached hydrogens (primary N) is 2. The van der Waals surface area contributed by atoms with Gasteiger partial charge in [0.05, 0.1) is 0 Å². The zero-order valence-corrected chi connectivity index (χ0v) is 7.64. The van der Waals surface area contributed by atoms with E-state index in [1.54, 1.807) is 0 Å². The van der Waals surface area contributed by atoms with E-state index in [9.17, 15) is 0 Å². The predicted octanol–water partition coefficient (Wildman–Crippen LogP) is 0.345. The molecule has 4 nitrogen and oxygen atoms in total. The van der Waals surface area contributed by atoms with Gasteiger partial charge in [-0.15, -0.1) is 0 Å². The van der Waals surface area contributed by atoms with Gasteiger partial charge in [-0.1, -0.05) is 13.3 Å². The minimum atomic E-state index is 0.342. The van der Waals surface area contributed by atoms with Crippen LogP contribution < -0.4 is 17.0 Å². The van der Waals surface area contributed by atoms with Gasteiger partial charge in [-0.2, -0.15) is 0 Å². The molecule has 1 aliphatic rings. The van der Waals surface area contributed by atoms with E-state index in [1.165, 1.54) is 25.7 Å². The van der Waals surface area contributed by atoms with Gasteiger partial charge in [-0.3, -0.25) is 10.4 Å². The third-order valence-corrected chi connectivity index (χ3v) is 2.90. The summed E-state index contributed by atoms with van der Waals surface area (Å²) in [6.45, 7) is 3.03. The highest BCUT2D eigenvalue weighted by molar-refractivity contribution is 5.77. The Balaban J connectivity index is 2.38. The van der Waals surface area contributed by atoms with Crippen LogP contribution in [0.4, 0.5) is 0 Å². The van der Waals surface area contributed by atoms with Crippen LogP contribution in [-0.4, -0.2) is 12.5 Å². The second-order valence-electron chi connectivity index (χ2n) is 3.55. The molecule has 0 bridgehead atoms. The molecule has 0 amide bonds. The van der Waals surface area contributed by atoms with Crippen LogP contribution in [0.1, 0.15) is 32.6 Å². The Morgan fingerprint density at radius 1 is 1.58 bits per heavy atom. The van der Waals surface area contributed by atoms with Gasteiger partial charge in [0.15, 0.2) is 0 Å². The van der Waals surface area contributed by atoms with Gasteiger partial charge in [-0.05, 0) is 24.7 Å². The fraction of sp³-hybridized carbons (Fsp3) is 0.875. The van der Waals surface area contributed by atoms with Crippen molar-refractivity contribution in [2.45, 2.75) is 32.6 Å². The maximum atomic E-state index is 5.43. The second kappa shape index (κ2) is 3.76. The number of guanidine groups is 1. The van der Waals surface area contributed by atoms with Crippen molar-refractivity contribution in [1.29, 1.82) is 0 Å². The van der Waals surface area contributed by atoms with E-state index in [2.05, 4.69) is 17.3 Å². The average molecular weight is 170 g/mol. The fourth-order valence-electron chi connectivity index (χ4n) is 1.60. The summed E-state index contributed by atoms with van der Waals surface area (Å²) >= 11 is 0. The highest BCUT2D eigenvalue weighted by atomic mass is 15.3. The van der Waals surface area contributed by atoms with Crippen LogP contribution in [0.25, 0.3) is 0 Å². The molecule has 0 heterocycles. The number of hydrogen-bond donors (Lipinski definition) is 3. The molecule has 0 aromatic rings. The van der Waals surface area contributed by atoms with E-state index in [4.69, 9.17) is 11.6 Å². The van der Waals surface area contributed by atoms with Crippen LogP contribution in [0.3, 0.4) is 0 Å². The molecule has 0 radical (unpaired) electrons. The van der Waals surface area contributed by atoms with Crippen molar-refractivity contribution >= 4 is 5.96 Å². The molecule has 0 saturated heterocycles. The van der Waals surface area contributed by atoms with Crippen molar-refractivity contribution < 1.29 is 0 Å². The smallest absolute Gasteiger partial charge is 0.203 e. The van der Waals surface area contributed by atoms with Gasteiger partial charge in [0, 0.05) is 6.54 Å². The molecule has 4 heteroatoms. The Kier molecular flexibility index (Phi) is 2.92. The van der Waals surface area contributed by atoms with Crippen molar-refractivity contribution in [3.05, 3.63) is 0 Å². The number of hydrazine groups is 1. The molecule has 0 aromatic carbocycles. The quantitative estimate of drug-likeness (QED) is 0.247. The summed E-state index contributed by atoms with van der Waals surface area (Å²) in [5.74, 6) is 5.44. The van der Waals surface area contributed by atoms with E-state index in [-0.39, 0.29) is 0 Å². The van der Waals surface area contributed by atoms with E-state index in [0.29, 0.717) is 11.4 Å². The molecule has 0 aliphatic heterocycles. The first-order valence-corrected chi connectivity index (χ1v) is 4.49. The zero-order valence-electron chi connectivity index (χ0n) is 7.64. The number of nitrogens with zero attached hydrogens (tertiary/aromatic N) is 1. The SMILES string of the molecule is CCC1(CN=C(N)NN)CCC1. The van der Waals surface area contributed by atoms with E-state index in [0.717, 1.165) is 6.54 Å². The minimum Gasteiger partial charge on any atom is -0.369 e. The van der Waals surface area contributed by atoms with Crippen molar-refractivity contribution in [2.24, 2.45) is 22.0 Å². The molecule has 1 rings (SSSR count). The van der Waals surface area contributed by atoms with Gasteiger partial charge in [0.1, 0.15) is 0 Å². The Labute approximate surface area is 73.4 Å². The van der Waals surface area contributed by atoms with Crippen LogP contribution in [0.15, 0.2) is 4.99 Å². The molecule has 0 unspecified atom stereocenters. The lowest BCUT2D eigenvalue weighted by Crippen LogP contribution is -2.39. The zero-order chi connectivity index (χ0) is 9.03. The Bertz CT molecular complexity index is 166. The lowest BCUT2D eigenvalue weighted by atomic mass is 9.67. The molecule has 0 aromatic heterocycles. The van der Waals surface area contributed by atoms with Crippen molar-refractivity contribution in [3.63, 3.8) is 0 Å². The molecule has 5 N–H and O–H groups in total. The molecular formula is C8H18N4. The van der Waals surface area contributed by atoms with E-state index < -0.39 is 0 Å². The standard InChI is InChI=1S/C8H18N4/c1-2-8(4-3-5-8)6-11-7(9)12-10/h2-6,10H2,1H3,(H3,9,11,12). The van der Waals surface area contributed by atoms with Crippen molar-refractivity contribution in [2.75, 3.05) is 6.54 Å². The van der Waals surface area contributed by atoms with E-state index in [1.807, 2.05) is 0 Å². The lowest BCUT2D eigenvalue weighted by Gasteiger charge is -2.39. The van der Waals surface area contributed by atoms with Crippen molar-refractivity contribution in [3.8, 4) is 0 Å². The van der Waals surface area contributed by atoms with Gasteiger partial charge >= 0.3 is 0 Å². The van der Waals surface area contributed by atoms with Gasteiger partial charge in [0.2, 0.25) is 5.96 Å². The van der Waals surface area contributed by atoms with Crippen LogP contribution in [0.2, 0.25) is 0 Å². The molecule has 1 fully saturated rings. The number of aliphatic imine (C=N–C) groups is 1. The first-order chi connectivity index (χ1) is 5.72. The van der Waals surface area contributed by atoms with Crippen LogP contribution in [0, 0.1) is 5.41 Å². The summed E-state index contributed by atoms with van der Waals surface area (Å²) in [6, 6.07) is 0. The van der Waals surface area contributed by atoms with Gasteiger partial charge in [-0.25, -0.2) is 5.84 Å². The summed E-state index contributed by atoms with van der Waals surface area (Å²) in [7, 11) is 0. The third-order valence-electron chi connectivity index (χ3n) is 2.90. The molecule has 70 valence electrons. The van der Waals surface area contributed by atoms with Crippen molar-refractivity contribution in [1.82, 2.24) is 5.43 Å². The Hall–Kier alpha value is -0.770.